The molecule has 0 spiro atoms. The fourth-order valence-electron chi connectivity index (χ4n) is 2.99. The zero-order valence-corrected chi connectivity index (χ0v) is 16.5. The molecule has 3 aromatic rings. The maximum atomic E-state index is 6.23. The topological polar surface area (TPSA) is 30.5 Å². The summed E-state index contributed by atoms with van der Waals surface area (Å²) < 4.78 is 12.2. The van der Waals surface area contributed by atoms with Crippen molar-refractivity contribution in [2.24, 2.45) is 0 Å². The van der Waals surface area contributed by atoms with Crippen LogP contribution in [0.15, 0.2) is 91.0 Å². The van der Waals surface area contributed by atoms with Gasteiger partial charge in [-0.1, -0.05) is 91.0 Å². The molecule has 0 saturated carbocycles. The molecule has 0 saturated heterocycles. The zero-order chi connectivity index (χ0) is 19.4. The Morgan fingerprint density at radius 2 is 1.18 bits per heavy atom. The van der Waals surface area contributed by atoms with Crippen LogP contribution in [0, 0.1) is 0 Å². The zero-order valence-electron chi connectivity index (χ0n) is 16.5. The molecule has 146 valence electrons. The highest BCUT2D eigenvalue weighted by Crippen LogP contribution is 2.10. The van der Waals surface area contributed by atoms with Gasteiger partial charge in [-0.25, -0.2) is 0 Å². The summed E-state index contributed by atoms with van der Waals surface area (Å²) in [4.78, 5) is 0. The molecule has 2 atom stereocenters. The SMILES string of the molecule is C[C@@H](NCc1ccccc1)[C@@H](COCc1ccccc1)OCc1ccccc1. The lowest BCUT2D eigenvalue weighted by Crippen LogP contribution is -2.41. The van der Waals surface area contributed by atoms with Gasteiger partial charge in [-0.15, -0.1) is 0 Å². The molecule has 3 nitrogen and oxygen atoms in total. The molecule has 0 radical (unpaired) electrons. The maximum absolute atomic E-state index is 6.23. The Labute approximate surface area is 168 Å². The second-order valence-corrected chi connectivity index (χ2v) is 6.99. The summed E-state index contributed by atoms with van der Waals surface area (Å²) in [5.41, 5.74) is 3.61. The van der Waals surface area contributed by atoms with E-state index in [4.69, 9.17) is 9.47 Å². The van der Waals surface area contributed by atoms with Gasteiger partial charge in [-0.2, -0.15) is 0 Å². The Bertz CT molecular complexity index is 777. The van der Waals surface area contributed by atoms with E-state index in [1.54, 1.807) is 0 Å². The van der Waals surface area contributed by atoms with Crippen LogP contribution in [-0.2, 0) is 29.2 Å². The monoisotopic (exact) mass is 375 g/mol. The number of nitrogens with one attached hydrogen (secondary N) is 1. The van der Waals surface area contributed by atoms with Crippen LogP contribution in [0.2, 0.25) is 0 Å². The van der Waals surface area contributed by atoms with E-state index in [1.165, 1.54) is 16.7 Å². The summed E-state index contributed by atoms with van der Waals surface area (Å²) in [6.45, 7) is 4.69. The normalized spacial score (nSPS) is 13.2. The number of ether oxygens (including phenoxy) is 2. The highest BCUT2D eigenvalue weighted by Gasteiger charge is 2.18. The van der Waals surface area contributed by atoms with Gasteiger partial charge < -0.3 is 14.8 Å². The van der Waals surface area contributed by atoms with Crippen LogP contribution < -0.4 is 5.32 Å². The Kier molecular flexibility index (Phi) is 8.26. The van der Waals surface area contributed by atoms with Gasteiger partial charge in [0.15, 0.2) is 0 Å². The minimum Gasteiger partial charge on any atom is -0.374 e. The minimum absolute atomic E-state index is 0.0346. The van der Waals surface area contributed by atoms with Crippen LogP contribution in [0.5, 0.6) is 0 Å². The smallest absolute Gasteiger partial charge is 0.0963 e. The van der Waals surface area contributed by atoms with Crippen molar-refractivity contribution in [2.45, 2.75) is 38.8 Å². The molecule has 0 bridgehead atoms. The van der Waals surface area contributed by atoms with E-state index in [0.29, 0.717) is 19.8 Å². The molecule has 0 heterocycles. The molecule has 0 fully saturated rings. The Hall–Kier alpha value is -2.46. The molecule has 3 rings (SSSR count). The van der Waals surface area contributed by atoms with Gasteiger partial charge in [0.05, 0.1) is 25.9 Å². The summed E-state index contributed by atoms with van der Waals surface area (Å²) in [6, 6.07) is 31.1. The molecule has 3 aromatic carbocycles. The highest BCUT2D eigenvalue weighted by atomic mass is 16.5. The van der Waals surface area contributed by atoms with Crippen molar-refractivity contribution in [3.63, 3.8) is 0 Å². The molecule has 0 unspecified atom stereocenters. The average Bonchev–Trinajstić information content (AvgIpc) is 2.76. The molecular formula is C25H29NO2. The highest BCUT2D eigenvalue weighted by molar-refractivity contribution is 5.15. The van der Waals surface area contributed by atoms with Crippen LogP contribution in [0.25, 0.3) is 0 Å². The maximum Gasteiger partial charge on any atom is 0.0963 e. The van der Waals surface area contributed by atoms with Crippen LogP contribution in [0.4, 0.5) is 0 Å². The molecular weight excluding hydrogens is 346 g/mol. The number of hydrogen-bond acceptors (Lipinski definition) is 3. The third-order valence-electron chi connectivity index (χ3n) is 4.73. The van der Waals surface area contributed by atoms with Gasteiger partial charge in [0.2, 0.25) is 0 Å². The fraction of sp³-hybridized carbons (Fsp3) is 0.280. The van der Waals surface area contributed by atoms with Crippen molar-refractivity contribution in [1.29, 1.82) is 0 Å². The van der Waals surface area contributed by atoms with E-state index in [2.05, 4.69) is 60.8 Å². The van der Waals surface area contributed by atoms with E-state index >= 15 is 0 Å². The van der Waals surface area contributed by atoms with Crippen molar-refractivity contribution in [3.8, 4) is 0 Å². The molecule has 0 amide bonds. The number of benzene rings is 3. The van der Waals surface area contributed by atoms with Crippen molar-refractivity contribution in [1.82, 2.24) is 5.32 Å². The Morgan fingerprint density at radius 3 is 1.75 bits per heavy atom. The number of hydrogen-bond donors (Lipinski definition) is 1. The summed E-state index contributed by atoms with van der Waals surface area (Å²) in [5.74, 6) is 0. The second-order valence-electron chi connectivity index (χ2n) is 6.99. The van der Waals surface area contributed by atoms with Gasteiger partial charge in [0.1, 0.15) is 0 Å². The first-order valence-electron chi connectivity index (χ1n) is 9.86. The van der Waals surface area contributed by atoms with Gasteiger partial charge in [-0.05, 0) is 23.6 Å². The molecule has 1 N–H and O–H groups in total. The lowest BCUT2D eigenvalue weighted by molar-refractivity contribution is -0.0448. The fourth-order valence-corrected chi connectivity index (χ4v) is 2.99. The largest absolute Gasteiger partial charge is 0.374 e. The first-order chi connectivity index (χ1) is 13.8. The van der Waals surface area contributed by atoms with E-state index < -0.39 is 0 Å². The first kappa shape index (κ1) is 20.3. The van der Waals surface area contributed by atoms with Crippen molar-refractivity contribution >= 4 is 0 Å². The molecule has 3 heteroatoms. The predicted molar refractivity (Wildman–Crippen MR) is 114 cm³/mol. The molecule has 0 aliphatic heterocycles. The predicted octanol–water partition coefficient (Wildman–Crippen LogP) is 4.97. The summed E-state index contributed by atoms with van der Waals surface area (Å²) in [6.07, 6.45) is -0.0346. The molecule has 0 aliphatic rings. The van der Waals surface area contributed by atoms with Crippen LogP contribution in [0.3, 0.4) is 0 Å². The summed E-state index contributed by atoms with van der Waals surface area (Å²) in [7, 11) is 0. The number of rotatable bonds is 11. The Morgan fingerprint density at radius 1 is 0.679 bits per heavy atom. The van der Waals surface area contributed by atoms with Crippen LogP contribution in [0.1, 0.15) is 23.6 Å². The van der Waals surface area contributed by atoms with E-state index in [9.17, 15) is 0 Å². The van der Waals surface area contributed by atoms with Crippen molar-refractivity contribution in [3.05, 3.63) is 108 Å². The summed E-state index contributed by atoms with van der Waals surface area (Å²) in [5, 5.41) is 3.58. The second kappa shape index (κ2) is 11.4. The third-order valence-corrected chi connectivity index (χ3v) is 4.73. The van der Waals surface area contributed by atoms with E-state index in [1.807, 2.05) is 42.5 Å². The van der Waals surface area contributed by atoms with E-state index in [0.717, 1.165) is 6.54 Å². The van der Waals surface area contributed by atoms with E-state index in [-0.39, 0.29) is 12.1 Å². The van der Waals surface area contributed by atoms with Crippen LogP contribution >= 0.6 is 0 Å². The standard InChI is InChI=1S/C25H29NO2/c1-21(26-17-22-11-5-2-6-12-22)25(28-19-24-15-9-4-10-16-24)20-27-18-23-13-7-3-8-14-23/h2-16,21,25-26H,17-20H2,1H3/t21-,25-/m1/s1. The third kappa shape index (κ3) is 6.93. The van der Waals surface area contributed by atoms with Gasteiger partial charge in [0.25, 0.3) is 0 Å². The Balaban J connectivity index is 1.54. The van der Waals surface area contributed by atoms with Crippen molar-refractivity contribution in [2.75, 3.05) is 6.61 Å². The minimum atomic E-state index is -0.0346. The first-order valence-corrected chi connectivity index (χ1v) is 9.86. The lowest BCUT2D eigenvalue weighted by atomic mass is 10.1. The van der Waals surface area contributed by atoms with Gasteiger partial charge >= 0.3 is 0 Å². The molecule has 28 heavy (non-hydrogen) atoms. The quantitative estimate of drug-likeness (QED) is 0.513. The molecule has 0 aromatic heterocycles. The molecule has 0 aliphatic carbocycles. The van der Waals surface area contributed by atoms with Gasteiger partial charge in [-0.3, -0.25) is 0 Å². The average molecular weight is 376 g/mol. The van der Waals surface area contributed by atoms with Gasteiger partial charge in [0, 0.05) is 12.6 Å². The van der Waals surface area contributed by atoms with Crippen molar-refractivity contribution < 1.29 is 9.47 Å². The summed E-state index contributed by atoms with van der Waals surface area (Å²) >= 11 is 0. The van der Waals surface area contributed by atoms with Crippen LogP contribution in [-0.4, -0.2) is 18.8 Å². The lowest BCUT2D eigenvalue weighted by Gasteiger charge is -2.25.